The highest BCUT2D eigenvalue weighted by Crippen LogP contribution is 2.06. The fourth-order valence-electron chi connectivity index (χ4n) is 1.20. The van der Waals surface area contributed by atoms with Crippen LogP contribution in [0.3, 0.4) is 0 Å². The second-order valence-corrected chi connectivity index (χ2v) is 3.63. The SMILES string of the molecule is Cc1cc(NCC(C)CC(=O)O)ncn1. The summed E-state index contributed by atoms with van der Waals surface area (Å²) >= 11 is 0. The van der Waals surface area contributed by atoms with E-state index in [2.05, 4.69) is 15.3 Å². The lowest BCUT2D eigenvalue weighted by atomic mass is 10.1. The normalized spacial score (nSPS) is 12.1. The van der Waals surface area contributed by atoms with E-state index in [-0.39, 0.29) is 12.3 Å². The van der Waals surface area contributed by atoms with E-state index >= 15 is 0 Å². The Hall–Kier alpha value is -1.65. The zero-order valence-electron chi connectivity index (χ0n) is 8.90. The minimum absolute atomic E-state index is 0.0813. The van der Waals surface area contributed by atoms with Gasteiger partial charge in [0.05, 0.1) is 0 Å². The molecule has 0 saturated heterocycles. The van der Waals surface area contributed by atoms with Crippen LogP contribution in [0.2, 0.25) is 0 Å². The minimum Gasteiger partial charge on any atom is -0.481 e. The van der Waals surface area contributed by atoms with E-state index in [4.69, 9.17) is 5.11 Å². The van der Waals surface area contributed by atoms with Gasteiger partial charge in [0.15, 0.2) is 0 Å². The summed E-state index contributed by atoms with van der Waals surface area (Å²) in [6.07, 6.45) is 1.65. The van der Waals surface area contributed by atoms with Gasteiger partial charge < -0.3 is 10.4 Å². The summed E-state index contributed by atoms with van der Waals surface area (Å²) in [5.41, 5.74) is 0.887. The molecule has 2 N–H and O–H groups in total. The first-order chi connectivity index (χ1) is 7.08. The lowest BCUT2D eigenvalue weighted by Crippen LogP contribution is -2.15. The van der Waals surface area contributed by atoms with Crippen LogP contribution < -0.4 is 5.32 Å². The number of anilines is 1. The Bertz CT molecular complexity index is 341. The monoisotopic (exact) mass is 209 g/mol. The van der Waals surface area contributed by atoms with Crippen LogP contribution in [-0.4, -0.2) is 27.6 Å². The van der Waals surface area contributed by atoms with E-state index in [1.807, 2.05) is 19.9 Å². The molecule has 0 radical (unpaired) electrons. The first-order valence-corrected chi connectivity index (χ1v) is 4.82. The van der Waals surface area contributed by atoms with Crippen LogP contribution in [0.25, 0.3) is 0 Å². The van der Waals surface area contributed by atoms with E-state index in [0.29, 0.717) is 6.54 Å². The molecule has 82 valence electrons. The smallest absolute Gasteiger partial charge is 0.303 e. The van der Waals surface area contributed by atoms with Crippen LogP contribution in [0.4, 0.5) is 5.82 Å². The van der Waals surface area contributed by atoms with Crippen molar-refractivity contribution in [1.82, 2.24) is 9.97 Å². The molecule has 1 aromatic rings. The van der Waals surface area contributed by atoms with Crippen LogP contribution in [0.1, 0.15) is 19.0 Å². The predicted molar refractivity (Wildman–Crippen MR) is 56.7 cm³/mol. The predicted octanol–water partition coefficient (Wildman–Crippen LogP) is 1.31. The molecule has 1 rings (SSSR count). The standard InChI is InChI=1S/C10H15N3O2/c1-7(3-10(14)15)5-11-9-4-8(2)12-6-13-9/h4,6-7H,3,5H2,1-2H3,(H,14,15)(H,11,12,13). The Morgan fingerprint density at radius 3 is 2.93 bits per heavy atom. The van der Waals surface area contributed by atoms with Gasteiger partial charge in [0, 0.05) is 24.7 Å². The maximum atomic E-state index is 10.4. The van der Waals surface area contributed by atoms with Gasteiger partial charge in [-0.15, -0.1) is 0 Å². The third kappa shape index (κ3) is 4.39. The van der Waals surface area contributed by atoms with Crippen LogP contribution >= 0.6 is 0 Å². The second kappa shape index (κ2) is 5.29. The Kier molecular flexibility index (Phi) is 4.03. The molecule has 0 aromatic carbocycles. The number of aryl methyl sites for hydroxylation is 1. The zero-order valence-corrected chi connectivity index (χ0v) is 8.90. The number of hydrogen-bond acceptors (Lipinski definition) is 4. The molecule has 0 fully saturated rings. The maximum Gasteiger partial charge on any atom is 0.303 e. The van der Waals surface area contributed by atoms with Gasteiger partial charge in [0.2, 0.25) is 0 Å². The number of nitrogens with zero attached hydrogens (tertiary/aromatic N) is 2. The maximum absolute atomic E-state index is 10.4. The van der Waals surface area contributed by atoms with Gasteiger partial charge >= 0.3 is 5.97 Å². The Morgan fingerprint density at radius 1 is 1.60 bits per heavy atom. The number of carbonyl (C=O) groups is 1. The number of hydrogen-bond donors (Lipinski definition) is 2. The fraction of sp³-hybridized carbons (Fsp3) is 0.500. The number of aliphatic carboxylic acids is 1. The van der Waals surface area contributed by atoms with Crippen molar-refractivity contribution in [3.63, 3.8) is 0 Å². The second-order valence-electron chi connectivity index (χ2n) is 3.63. The van der Waals surface area contributed by atoms with E-state index in [0.717, 1.165) is 11.5 Å². The molecule has 5 heteroatoms. The van der Waals surface area contributed by atoms with Crippen LogP contribution in [0.5, 0.6) is 0 Å². The molecule has 1 atom stereocenters. The van der Waals surface area contributed by atoms with Gasteiger partial charge in [0.25, 0.3) is 0 Å². The first-order valence-electron chi connectivity index (χ1n) is 4.82. The molecular formula is C10H15N3O2. The van der Waals surface area contributed by atoms with Crippen molar-refractivity contribution in [3.05, 3.63) is 18.1 Å². The van der Waals surface area contributed by atoms with Gasteiger partial charge in [-0.25, -0.2) is 9.97 Å². The van der Waals surface area contributed by atoms with Crippen molar-refractivity contribution < 1.29 is 9.90 Å². The summed E-state index contributed by atoms with van der Waals surface area (Å²) in [6, 6.07) is 1.83. The van der Waals surface area contributed by atoms with Crippen LogP contribution in [-0.2, 0) is 4.79 Å². The molecule has 1 heterocycles. The molecule has 0 bridgehead atoms. The molecule has 1 unspecified atom stereocenters. The molecule has 1 aromatic heterocycles. The summed E-state index contributed by atoms with van der Waals surface area (Å²) in [7, 11) is 0. The largest absolute Gasteiger partial charge is 0.481 e. The molecule has 0 aliphatic heterocycles. The molecule has 15 heavy (non-hydrogen) atoms. The van der Waals surface area contributed by atoms with Crippen LogP contribution in [0.15, 0.2) is 12.4 Å². The summed E-state index contributed by atoms with van der Waals surface area (Å²) in [6.45, 7) is 4.37. The number of aromatic nitrogens is 2. The topological polar surface area (TPSA) is 75.1 Å². The Morgan fingerprint density at radius 2 is 2.33 bits per heavy atom. The van der Waals surface area contributed by atoms with E-state index in [1.54, 1.807) is 0 Å². The van der Waals surface area contributed by atoms with Crippen molar-refractivity contribution >= 4 is 11.8 Å². The average molecular weight is 209 g/mol. The lowest BCUT2D eigenvalue weighted by Gasteiger charge is -2.10. The highest BCUT2D eigenvalue weighted by Gasteiger charge is 2.07. The quantitative estimate of drug-likeness (QED) is 0.764. The molecule has 0 amide bonds. The molecule has 0 aliphatic rings. The minimum atomic E-state index is -0.775. The molecule has 5 nitrogen and oxygen atoms in total. The molecule has 0 saturated carbocycles. The van der Waals surface area contributed by atoms with Gasteiger partial charge in [-0.1, -0.05) is 6.92 Å². The summed E-state index contributed by atoms with van der Waals surface area (Å²) < 4.78 is 0. The Labute approximate surface area is 88.6 Å². The summed E-state index contributed by atoms with van der Waals surface area (Å²) in [5.74, 6) is 0.0423. The van der Waals surface area contributed by atoms with Crippen molar-refractivity contribution in [1.29, 1.82) is 0 Å². The molecule has 0 aliphatic carbocycles. The average Bonchev–Trinajstić information content (AvgIpc) is 2.14. The van der Waals surface area contributed by atoms with Gasteiger partial charge in [-0.2, -0.15) is 0 Å². The third-order valence-electron chi connectivity index (χ3n) is 1.96. The molecular weight excluding hydrogens is 194 g/mol. The number of carboxylic acid groups (broad SMARTS) is 1. The highest BCUT2D eigenvalue weighted by atomic mass is 16.4. The number of carboxylic acids is 1. The van der Waals surface area contributed by atoms with Gasteiger partial charge in [0.1, 0.15) is 12.1 Å². The van der Waals surface area contributed by atoms with Crippen molar-refractivity contribution in [2.75, 3.05) is 11.9 Å². The van der Waals surface area contributed by atoms with E-state index < -0.39 is 5.97 Å². The van der Waals surface area contributed by atoms with Gasteiger partial charge in [-0.05, 0) is 12.8 Å². The van der Waals surface area contributed by atoms with Crippen molar-refractivity contribution in [2.45, 2.75) is 20.3 Å². The Balaban J connectivity index is 2.40. The first kappa shape index (κ1) is 11.4. The van der Waals surface area contributed by atoms with Crippen molar-refractivity contribution in [3.8, 4) is 0 Å². The summed E-state index contributed by atoms with van der Waals surface area (Å²) in [5, 5.41) is 11.6. The third-order valence-corrected chi connectivity index (χ3v) is 1.96. The fourth-order valence-corrected chi connectivity index (χ4v) is 1.20. The van der Waals surface area contributed by atoms with Crippen molar-refractivity contribution in [2.24, 2.45) is 5.92 Å². The molecule has 0 spiro atoms. The van der Waals surface area contributed by atoms with Gasteiger partial charge in [-0.3, -0.25) is 4.79 Å². The summed E-state index contributed by atoms with van der Waals surface area (Å²) in [4.78, 5) is 18.4. The lowest BCUT2D eigenvalue weighted by molar-refractivity contribution is -0.137. The van der Waals surface area contributed by atoms with Crippen LogP contribution in [0, 0.1) is 12.8 Å². The number of rotatable bonds is 5. The van der Waals surface area contributed by atoms with E-state index in [9.17, 15) is 4.79 Å². The highest BCUT2D eigenvalue weighted by molar-refractivity contribution is 5.67. The van der Waals surface area contributed by atoms with E-state index in [1.165, 1.54) is 6.33 Å². The zero-order chi connectivity index (χ0) is 11.3. The number of nitrogens with one attached hydrogen (secondary N) is 1.